The Bertz CT molecular complexity index is 1250. The maximum Gasteiger partial charge on any atom is 0.229 e. The molecule has 4 aromatic rings. The molecule has 0 saturated carbocycles. The van der Waals surface area contributed by atoms with E-state index in [0.29, 0.717) is 5.95 Å². The van der Waals surface area contributed by atoms with Gasteiger partial charge in [-0.2, -0.15) is 10.1 Å². The molecule has 2 N–H and O–H groups in total. The van der Waals surface area contributed by atoms with Crippen LogP contribution in [0.3, 0.4) is 0 Å². The summed E-state index contributed by atoms with van der Waals surface area (Å²) >= 11 is 0. The van der Waals surface area contributed by atoms with Gasteiger partial charge in [0, 0.05) is 37.7 Å². The number of anilines is 4. The Morgan fingerprint density at radius 3 is 2.58 bits per heavy atom. The van der Waals surface area contributed by atoms with Gasteiger partial charge >= 0.3 is 0 Å². The Labute approximate surface area is 182 Å². The number of para-hydroxylation sites is 1. The number of aryl methyl sites for hydroxylation is 3. The van der Waals surface area contributed by atoms with Gasteiger partial charge in [-0.05, 0) is 61.7 Å². The lowest BCUT2D eigenvalue weighted by atomic mass is 9.99. The van der Waals surface area contributed by atoms with Gasteiger partial charge in [0.2, 0.25) is 5.95 Å². The molecule has 0 atom stereocenters. The van der Waals surface area contributed by atoms with E-state index in [1.54, 1.807) is 4.68 Å². The Morgan fingerprint density at radius 2 is 1.77 bits per heavy atom. The number of rotatable bonds is 4. The zero-order valence-corrected chi connectivity index (χ0v) is 18.4. The number of hydrogen-bond donors (Lipinski definition) is 2. The molecule has 2 aromatic heterocycles. The van der Waals surface area contributed by atoms with Crippen LogP contribution in [0.4, 0.5) is 23.1 Å². The summed E-state index contributed by atoms with van der Waals surface area (Å²) < 4.78 is 1.79. The minimum atomic E-state index is 0.568. The van der Waals surface area contributed by atoms with Crippen molar-refractivity contribution in [3.63, 3.8) is 0 Å². The van der Waals surface area contributed by atoms with Crippen LogP contribution in [0.5, 0.6) is 0 Å². The average Bonchev–Trinajstić information content (AvgIpc) is 3.05. The summed E-state index contributed by atoms with van der Waals surface area (Å²) in [6.45, 7) is 6.27. The molecule has 3 heterocycles. The first-order valence-corrected chi connectivity index (χ1v) is 10.6. The molecule has 0 spiro atoms. The predicted molar refractivity (Wildman–Crippen MR) is 125 cm³/mol. The standard InChI is InChI=1S/C24H27N7/c1-15-6-5-7-16(2)21(15)27-22-20-13-25-24(28-23(20)31(4)29-22)26-19-9-8-17-10-11-30(3)14-18(17)12-19/h5-9,12-13H,10-11,14H2,1-4H3,(H,27,29)(H,25,26,28). The van der Waals surface area contributed by atoms with Crippen LogP contribution in [0.1, 0.15) is 22.3 Å². The minimum Gasteiger partial charge on any atom is -0.338 e. The van der Waals surface area contributed by atoms with E-state index in [1.165, 1.54) is 22.3 Å². The van der Waals surface area contributed by atoms with Gasteiger partial charge in [-0.25, -0.2) is 9.67 Å². The summed E-state index contributed by atoms with van der Waals surface area (Å²) in [6.07, 6.45) is 2.93. The van der Waals surface area contributed by atoms with Crippen LogP contribution < -0.4 is 10.6 Å². The van der Waals surface area contributed by atoms with Gasteiger partial charge in [-0.3, -0.25) is 0 Å². The SMILES string of the molecule is Cc1cccc(C)c1Nc1nn(C)c2nc(Nc3ccc4c(c3)CN(C)CC4)ncc12. The number of likely N-dealkylation sites (N-methyl/N-ethyl adjacent to an activating group) is 1. The highest BCUT2D eigenvalue weighted by Gasteiger charge is 2.16. The summed E-state index contributed by atoms with van der Waals surface area (Å²) in [5.41, 5.74) is 8.00. The van der Waals surface area contributed by atoms with E-state index >= 15 is 0 Å². The zero-order valence-electron chi connectivity index (χ0n) is 18.4. The van der Waals surface area contributed by atoms with Gasteiger partial charge in [0.25, 0.3) is 0 Å². The Morgan fingerprint density at radius 1 is 0.968 bits per heavy atom. The zero-order chi connectivity index (χ0) is 21.5. The highest BCUT2D eigenvalue weighted by Crippen LogP contribution is 2.29. The molecule has 0 unspecified atom stereocenters. The molecule has 1 aliphatic rings. The summed E-state index contributed by atoms with van der Waals surface area (Å²) in [5, 5.41) is 12.4. The van der Waals surface area contributed by atoms with Gasteiger partial charge in [0.1, 0.15) is 0 Å². The fraction of sp³-hybridized carbons (Fsp3) is 0.292. The van der Waals surface area contributed by atoms with E-state index in [9.17, 15) is 0 Å². The molecule has 2 aromatic carbocycles. The van der Waals surface area contributed by atoms with Crippen LogP contribution in [0.15, 0.2) is 42.6 Å². The topological polar surface area (TPSA) is 70.9 Å². The van der Waals surface area contributed by atoms with Crippen molar-refractivity contribution in [2.75, 3.05) is 24.2 Å². The molecule has 0 fully saturated rings. The predicted octanol–water partition coefficient (Wildman–Crippen LogP) is 4.46. The van der Waals surface area contributed by atoms with Crippen molar-refractivity contribution < 1.29 is 0 Å². The number of nitrogens with zero attached hydrogens (tertiary/aromatic N) is 5. The summed E-state index contributed by atoms with van der Waals surface area (Å²) in [7, 11) is 4.07. The lowest BCUT2D eigenvalue weighted by molar-refractivity contribution is 0.313. The van der Waals surface area contributed by atoms with E-state index < -0.39 is 0 Å². The molecule has 7 nitrogen and oxygen atoms in total. The lowest BCUT2D eigenvalue weighted by Crippen LogP contribution is -2.26. The average molecular weight is 414 g/mol. The minimum absolute atomic E-state index is 0.568. The van der Waals surface area contributed by atoms with E-state index in [4.69, 9.17) is 4.98 Å². The van der Waals surface area contributed by atoms with Crippen LogP contribution in [0.25, 0.3) is 11.0 Å². The summed E-state index contributed by atoms with van der Waals surface area (Å²) in [4.78, 5) is 11.6. The highest BCUT2D eigenvalue weighted by atomic mass is 15.3. The fourth-order valence-corrected chi connectivity index (χ4v) is 4.23. The third-order valence-corrected chi connectivity index (χ3v) is 5.97. The Balaban J connectivity index is 1.44. The maximum atomic E-state index is 4.73. The lowest BCUT2D eigenvalue weighted by Gasteiger charge is -2.25. The Hall–Kier alpha value is -3.45. The van der Waals surface area contributed by atoms with Gasteiger partial charge < -0.3 is 15.5 Å². The third-order valence-electron chi connectivity index (χ3n) is 5.97. The number of fused-ring (bicyclic) bond motifs is 2. The first kappa shape index (κ1) is 19.5. The molecular weight excluding hydrogens is 386 g/mol. The van der Waals surface area contributed by atoms with Crippen molar-refractivity contribution >= 4 is 34.2 Å². The monoisotopic (exact) mass is 413 g/mol. The molecule has 31 heavy (non-hydrogen) atoms. The molecule has 0 bridgehead atoms. The molecular formula is C24H27N7. The molecule has 0 amide bonds. The quantitative estimate of drug-likeness (QED) is 0.515. The van der Waals surface area contributed by atoms with E-state index in [1.807, 2.05) is 13.2 Å². The van der Waals surface area contributed by atoms with Crippen molar-refractivity contribution in [1.29, 1.82) is 0 Å². The van der Waals surface area contributed by atoms with Gasteiger partial charge in [-0.1, -0.05) is 24.3 Å². The number of nitrogens with one attached hydrogen (secondary N) is 2. The molecule has 0 radical (unpaired) electrons. The molecule has 1 aliphatic heterocycles. The molecule has 0 aliphatic carbocycles. The van der Waals surface area contributed by atoms with Crippen molar-refractivity contribution in [3.05, 3.63) is 64.8 Å². The van der Waals surface area contributed by atoms with E-state index in [0.717, 1.165) is 47.7 Å². The first-order chi connectivity index (χ1) is 15.0. The van der Waals surface area contributed by atoms with Gasteiger partial charge in [0.05, 0.1) is 5.39 Å². The summed E-state index contributed by atoms with van der Waals surface area (Å²) in [6, 6.07) is 12.8. The van der Waals surface area contributed by atoms with Crippen LogP contribution >= 0.6 is 0 Å². The van der Waals surface area contributed by atoms with Crippen molar-refractivity contribution in [1.82, 2.24) is 24.6 Å². The Kier molecular flexibility index (Phi) is 4.82. The van der Waals surface area contributed by atoms with Crippen molar-refractivity contribution in [2.24, 2.45) is 7.05 Å². The van der Waals surface area contributed by atoms with Crippen LogP contribution in [0.2, 0.25) is 0 Å². The van der Waals surface area contributed by atoms with Crippen LogP contribution in [0, 0.1) is 13.8 Å². The molecule has 0 saturated heterocycles. The first-order valence-electron chi connectivity index (χ1n) is 10.6. The summed E-state index contributed by atoms with van der Waals surface area (Å²) in [5.74, 6) is 1.33. The number of benzene rings is 2. The second kappa shape index (κ2) is 7.67. The highest BCUT2D eigenvalue weighted by molar-refractivity contribution is 5.90. The molecule has 7 heteroatoms. The van der Waals surface area contributed by atoms with Crippen LogP contribution in [-0.4, -0.2) is 38.2 Å². The van der Waals surface area contributed by atoms with Crippen LogP contribution in [-0.2, 0) is 20.0 Å². The second-order valence-electron chi connectivity index (χ2n) is 8.39. The second-order valence-corrected chi connectivity index (χ2v) is 8.39. The smallest absolute Gasteiger partial charge is 0.229 e. The fourth-order valence-electron chi connectivity index (χ4n) is 4.23. The largest absolute Gasteiger partial charge is 0.338 e. The molecule has 158 valence electrons. The maximum absolute atomic E-state index is 4.73. The van der Waals surface area contributed by atoms with Gasteiger partial charge in [0.15, 0.2) is 11.5 Å². The van der Waals surface area contributed by atoms with Crippen molar-refractivity contribution in [2.45, 2.75) is 26.8 Å². The number of hydrogen-bond acceptors (Lipinski definition) is 6. The third kappa shape index (κ3) is 3.72. The number of aromatic nitrogens is 4. The van der Waals surface area contributed by atoms with Crippen molar-refractivity contribution in [3.8, 4) is 0 Å². The van der Waals surface area contributed by atoms with Gasteiger partial charge in [-0.15, -0.1) is 0 Å². The van der Waals surface area contributed by atoms with E-state index in [2.05, 4.69) is 82.9 Å². The molecule has 5 rings (SSSR count). The van der Waals surface area contributed by atoms with E-state index in [-0.39, 0.29) is 0 Å². The normalized spacial score (nSPS) is 13.9.